The number of amides is 1. The first-order valence-corrected chi connectivity index (χ1v) is 6.55. The van der Waals surface area contributed by atoms with E-state index < -0.39 is 0 Å². The first kappa shape index (κ1) is 14.1. The number of rotatable bonds is 4. The molecule has 0 bridgehead atoms. The minimum absolute atomic E-state index is 0.272. The van der Waals surface area contributed by atoms with Crippen LogP contribution in [-0.2, 0) is 0 Å². The van der Waals surface area contributed by atoms with E-state index in [4.69, 9.17) is 4.42 Å². The number of hydrogen-bond donors (Lipinski definition) is 1. The molecule has 0 unspecified atom stereocenters. The molecule has 1 aromatic carbocycles. The Morgan fingerprint density at radius 3 is 2.50 bits per heavy atom. The lowest BCUT2D eigenvalue weighted by Crippen LogP contribution is -2.17. The number of carbonyl (C=O) groups excluding carboxylic acids is 1. The zero-order chi connectivity index (χ0) is 14.5. The summed E-state index contributed by atoms with van der Waals surface area (Å²) in [6, 6.07) is 9.71. The van der Waals surface area contributed by atoms with E-state index in [9.17, 15) is 4.79 Å². The molecule has 4 nitrogen and oxygen atoms in total. The lowest BCUT2D eigenvalue weighted by molar-refractivity contribution is 0.0953. The van der Waals surface area contributed by atoms with Crippen LogP contribution in [0.25, 0.3) is 0 Å². The van der Waals surface area contributed by atoms with Crippen molar-refractivity contribution in [2.75, 3.05) is 0 Å². The van der Waals surface area contributed by atoms with Crippen LogP contribution in [-0.4, -0.2) is 12.1 Å². The SMILES string of the molecule is Cc1occc1C(=O)N/N=C\c1ccc(C(C)C)cc1. The summed E-state index contributed by atoms with van der Waals surface area (Å²) < 4.78 is 5.07. The van der Waals surface area contributed by atoms with E-state index in [1.807, 2.05) is 12.1 Å². The van der Waals surface area contributed by atoms with E-state index in [0.717, 1.165) is 5.56 Å². The summed E-state index contributed by atoms with van der Waals surface area (Å²) in [6.07, 6.45) is 3.11. The largest absolute Gasteiger partial charge is 0.469 e. The average Bonchev–Trinajstić information content (AvgIpc) is 2.85. The summed E-state index contributed by atoms with van der Waals surface area (Å²) in [4.78, 5) is 11.8. The van der Waals surface area contributed by atoms with Gasteiger partial charge in [-0.05, 0) is 30.0 Å². The van der Waals surface area contributed by atoms with Crippen LogP contribution in [0.4, 0.5) is 0 Å². The van der Waals surface area contributed by atoms with Crippen molar-refractivity contribution in [1.82, 2.24) is 5.43 Å². The molecule has 1 N–H and O–H groups in total. The maximum atomic E-state index is 11.8. The minimum atomic E-state index is -0.272. The molecule has 1 amide bonds. The summed E-state index contributed by atoms with van der Waals surface area (Å²) in [5.74, 6) is 0.815. The smallest absolute Gasteiger partial charge is 0.274 e. The van der Waals surface area contributed by atoms with Crippen LogP contribution in [0.15, 0.2) is 46.1 Å². The molecule has 104 valence electrons. The Kier molecular flexibility index (Phi) is 4.35. The number of aryl methyl sites for hydroxylation is 1. The zero-order valence-electron chi connectivity index (χ0n) is 11.9. The second kappa shape index (κ2) is 6.19. The fourth-order valence-electron chi connectivity index (χ4n) is 1.81. The van der Waals surface area contributed by atoms with Crippen molar-refractivity contribution in [3.05, 3.63) is 59.0 Å². The van der Waals surface area contributed by atoms with Gasteiger partial charge in [0.05, 0.1) is 18.0 Å². The maximum Gasteiger partial charge on any atom is 0.274 e. The average molecular weight is 270 g/mol. The van der Waals surface area contributed by atoms with Crippen LogP contribution in [0, 0.1) is 6.92 Å². The number of hydrazone groups is 1. The lowest BCUT2D eigenvalue weighted by Gasteiger charge is -2.04. The Hall–Kier alpha value is -2.36. The van der Waals surface area contributed by atoms with Crippen molar-refractivity contribution in [2.24, 2.45) is 5.10 Å². The van der Waals surface area contributed by atoms with Crippen molar-refractivity contribution in [3.8, 4) is 0 Å². The van der Waals surface area contributed by atoms with E-state index in [-0.39, 0.29) is 5.91 Å². The van der Waals surface area contributed by atoms with Crippen LogP contribution in [0.3, 0.4) is 0 Å². The summed E-state index contributed by atoms with van der Waals surface area (Å²) in [6.45, 7) is 6.04. The molecule has 2 aromatic rings. The second-order valence-corrected chi connectivity index (χ2v) is 4.91. The van der Waals surface area contributed by atoms with E-state index in [2.05, 4.69) is 36.5 Å². The van der Waals surface area contributed by atoms with Crippen molar-refractivity contribution < 1.29 is 9.21 Å². The van der Waals surface area contributed by atoms with Gasteiger partial charge in [-0.3, -0.25) is 4.79 Å². The second-order valence-electron chi connectivity index (χ2n) is 4.91. The van der Waals surface area contributed by atoms with E-state index in [1.54, 1.807) is 19.2 Å². The highest BCUT2D eigenvalue weighted by atomic mass is 16.3. The Bertz CT molecular complexity index is 610. The molecular formula is C16H18N2O2. The van der Waals surface area contributed by atoms with Gasteiger partial charge in [0.15, 0.2) is 0 Å². The van der Waals surface area contributed by atoms with Gasteiger partial charge in [-0.2, -0.15) is 5.10 Å². The van der Waals surface area contributed by atoms with Crippen LogP contribution in [0.1, 0.15) is 47.0 Å². The molecule has 0 radical (unpaired) electrons. The van der Waals surface area contributed by atoms with E-state index in [0.29, 0.717) is 17.2 Å². The van der Waals surface area contributed by atoms with E-state index in [1.165, 1.54) is 11.8 Å². The number of benzene rings is 1. The monoisotopic (exact) mass is 270 g/mol. The van der Waals surface area contributed by atoms with Crippen molar-refractivity contribution in [2.45, 2.75) is 26.7 Å². The minimum Gasteiger partial charge on any atom is -0.469 e. The highest BCUT2D eigenvalue weighted by molar-refractivity contribution is 5.95. The molecule has 1 heterocycles. The highest BCUT2D eigenvalue weighted by Gasteiger charge is 2.09. The molecule has 0 aliphatic carbocycles. The number of nitrogens with zero attached hydrogens (tertiary/aromatic N) is 1. The number of hydrogen-bond acceptors (Lipinski definition) is 3. The maximum absolute atomic E-state index is 11.8. The molecule has 0 atom stereocenters. The van der Waals surface area contributed by atoms with Gasteiger partial charge in [0.2, 0.25) is 0 Å². The van der Waals surface area contributed by atoms with Gasteiger partial charge < -0.3 is 4.42 Å². The molecule has 2 rings (SSSR count). The standard InChI is InChI=1S/C16H18N2O2/c1-11(2)14-6-4-13(5-7-14)10-17-18-16(19)15-8-9-20-12(15)3/h4-11H,1-3H3,(H,18,19)/b17-10-. The van der Waals surface area contributed by atoms with Crippen LogP contribution in [0.2, 0.25) is 0 Å². The Balaban J connectivity index is 1.96. The topological polar surface area (TPSA) is 54.6 Å². The third-order valence-electron chi connectivity index (χ3n) is 3.09. The first-order valence-electron chi connectivity index (χ1n) is 6.55. The quantitative estimate of drug-likeness (QED) is 0.683. The van der Waals surface area contributed by atoms with Gasteiger partial charge in [0.25, 0.3) is 5.91 Å². The zero-order valence-corrected chi connectivity index (χ0v) is 11.9. The van der Waals surface area contributed by atoms with Gasteiger partial charge in [-0.15, -0.1) is 0 Å². The van der Waals surface area contributed by atoms with Gasteiger partial charge >= 0.3 is 0 Å². The summed E-state index contributed by atoms with van der Waals surface area (Å²) in [7, 11) is 0. The third-order valence-corrected chi connectivity index (χ3v) is 3.09. The molecule has 4 heteroatoms. The van der Waals surface area contributed by atoms with Crippen LogP contribution in [0.5, 0.6) is 0 Å². The van der Waals surface area contributed by atoms with Crippen molar-refractivity contribution in [3.63, 3.8) is 0 Å². The Labute approximate surface area is 118 Å². The number of nitrogens with one attached hydrogen (secondary N) is 1. The molecule has 0 aliphatic rings. The summed E-state index contributed by atoms with van der Waals surface area (Å²) in [5.41, 5.74) is 5.20. The fraction of sp³-hybridized carbons (Fsp3) is 0.250. The molecular weight excluding hydrogens is 252 g/mol. The van der Waals surface area contributed by atoms with Crippen LogP contribution >= 0.6 is 0 Å². The first-order chi connectivity index (χ1) is 9.58. The number of carbonyl (C=O) groups is 1. The summed E-state index contributed by atoms with van der Waals surface area (Å²) in [5, 5.41) is 3.95. The van der Waals surface area contributed by atoms with E-state index >= 15 is 0 Å². The molecule has 0 saturated carbocycles. The molecule has 0 spiro atoms. The molecule has 0 saturated heterocycles. The predicted molar refractivity (Wildman–Crippen MR) is 79.0 cm³/mol. The third kappa shape index (κ3) is 3.35. The summed E-state index contributed by atoms with van der Waals surface area (Å²) >= 11 is 0. The van der Waals surface area contributed by atoms with Crippen LogP contribution < -0.4 is 5.43 Å². The normalized spacial score (nSPS) is 11.2. The Morgan fingerprint density at radius 2 is 1.95 bits per heavy atom. The van der Waals surface area contributed by atoms with Crippen molar-refractivity contribution in [1.29, 1.82) is 0 Å². The number of furan rings is 1. The molecule has 0 aliphatic heterocycles. The van der Waals surface area contributed by atoms with Gasteiger partial charge in [0, 0.05) is 0 Å². The van der Waals surface area contributed by atoms with Gasteiger partial charge in [-0.1, -0.05) is 38.1 Å². The van der Waals surface area contributed by atoms with Crippen molar-refractivity contribution >= 4 is 12.1 Å². The lowest BCUT2D eigenvalue weighted by atomic mass is 10.0. The molecule has 0 fully saturated rings. The van der Waals surface area contributed by atoms with Gasteiger partial charge in [0.1, 0.15) is 5.76 Å². The highest BCUT2D eigenvalue weighted by Crippen LogP contribution is 2.13. The molecule has 20 heavy (non-hydrogen) atoms. The molecule has 1 aromatic heterocycles. The fourth-order valence-corrected chi connectivity index (χ4v) is 1.81. The predicted octanol–water partition coefficient (Wildman–Crippen LogP) is 3.48. The Morgan fingerprint density at radius 1 is 1.25 bits per heavy atom. The van der Waals surface area contributed by atoms with Gasteiger partial charge in [-0.25, -0.2) is 5.43 Å².